The molecule has 0 saturated heterocycles. The number of aromatic amines is 1. The first kappa shape index (κ1) is 13.6. The molecule has 5 rings (SSSR count). The average molecular weight is 295 g/mol. The molecular formula is C22H17N. The molecule has 1 N–H and O–H groups in total. The summed E-state index contributed by atoms with van der Waals surface area (Å²) in [6.45, 7) is 0. The quantitative estimate of drug-likeness (QED) is 0.329. The molecule has 1 aromatic heterocycles. The number of nitrogens with one attached hydrogen (secondary N) is 1. The standard InChI is InChI=1S/C14H10.C8H7N/c1-2-6-12-10-14-8-4-3-7-13(14)9-11(12)5-1;1-2-4-8-6-9-5-7(8)3-1/h1-10H;1-6,9H. The summed E-state index contributed by atoms with van der Waals surface area (Å²) in [5.74, 6) is 0. The van der Waals surface area contributed by atoms with E-state index in [0.717, 1.165) is 0 Å². The normalized spacial score (nSPS) is 10.6. The lowest BCUT2D eigenvalue weighted by Gasteiger charge is -2.00. The van der Waals surface area contributed by atoms with Gasteiger partial charge in [-0.25, -0.2) is 0 Å². The number of benzene rings is 4. The van der Waals surface area contributed by atoms with Crippen LogP contribution in [0.4, 0.5) is 0 Å². The van der Waals surface area contributed by atoms with Gasteiger partial charge in [0, 0.05) is 12.4 Å². The predicted octanol–water partition coefficient (Wildman–Crippen LogP) is 6.16. The van der Waals surface area contributed by atoms with Crippen LogP contribution in [0, 0.1) is 0 Å². The molecule has 1 nitrogen and oxygen atoms in total. The number of aromatic nitrogens is 1. The second kappa shape index (κ2) is 5.98. The molecule has 0 aliphatic rings. The Morgan fingerprint density at radius 1 is 0.391 bits per heavy atom. The summed E-state index contributed by atoms with van der Waals surface area (Å²) in [5, 5.41) is 7.80. The Hall–Kier alpha value is -3.06. The highest BCUT2D eigenvalue weighted by Gasteiger charge is 1.95. The van der Waals surface area contributed by atoms with E-state index in [0.29, 0.717) is 0 Å². The van der Waals surface area contributed by atoms with E-state index in [-0.39, 0.29) is 0 Å². The van der Waals surface area contributed by atoms with Gasteiger partial charge in [0.25, 0.3) is 0 Å². The van der Waals surface area contributed by atoms with Gasteiger partial charge in [-0.15, -0.1) is 0 Å². The van der Waals surface area contributed by atoms with Gasteiger partial charge in [0.1, 0.15) is 0 Å². The Bertz CT molecular complexity index is 937. The highest BCUT2D eigenvalue weighted by atomic mass is 14.6. The average Bonchev–Trinajstić information content (AvgIpc) is 3.09. The van der Waals surface area contributed by atoms with E-state index in [9.17, 15) is 0 Å². The predicted molar refractivity (Wildman–Crippen MR) is 99.8 cm³/mol. The molecule has 0 spiro atoms. The van der Waals surface area contributed by atoms with Crippen molar-refractivity contribution < 1.29 is 0 Å². The van der Waals surface area contributed by atoms with Crippen LogP contribution in [0.1, 0.15) is 0 Å². The van der Waals surface area contributed by atoms with Crippen LogP contribution in [-0.2, 0) is 0 Å². The Morgan fingerprint density at radius 2 is 0.696 bits per heavy atom. The Morgan fingerprint density at radius 3 is 1.04 bits per heavy atom. The lowest BCUT2D eigenvalue weighted by Crippen LogP contribution is -1.74. The largest absolute Gasteiger partial charge is 0.366 e. The number of fused-ring (bicyclic) bond motifs is 3. The molecule has 5 aromatic rings. The molecule has 0 aliphatic carbocycles. The van der Waals surface area contributed by atoms with Crippen LogP contribution in [-0.4, -0.2) is 4.98 Å². The maximum Gasteiger partial charge on any atom is 0.00843 e. The van der Waals surface area contributed by atoms with Gasteiger partial charge in [-0.05, 0) is 44.5 Å². The fourth-order valence-electron chi connectivity index (χ4n) is 2.88. The third kappa shape index (κ3) is 2.82. The molecule has 1 heteroatoms. The van der Waals surface area contributed by atoms with Gasteiger partial charge in [0.2, 0.25) is 0 Å². The topological polar surface area (TPSA) is 15.8 Å². The summed E-state index contributed by atoms with van der Waals surface area (Å²) in [4.78, 5) is 3.04. The second-order valence-corrected chi connectivity index (χ2v) is 5.63. The van der Waals surface area contributed by atoms with Crippen LogP contribution in [0.25, 0.3) is 32.3 Å². The first-order chi connectivity index (χ1) is 11.4. The van der Waals surface area contributed by atoms with Crippen LogP contribution >= 0.6 is 0 Å². The zero-order valence-corrected chi connectivity index (χ0v) is 12.7. The van der Waals surface area contributed by atoms with Gasteiger partial charge in [-0.1, -0.05) is 72.8 Å². The number of hydrogen-bond acceptors (Lipinski definition) is 0. The SMILES string of the molecule is c1ccc2c[nH]cc2c1.c1ccc2cc3ccccc3cc2c1. The molecule has 1 heterocycles. The number of hydrogen-bond donors (Lipinski definition) is 1. The Labute approximate surface area is 135 Å². The fraction of sp³-hybridized carbons (Fsp3) is 0. The van der Waals surface area contributed by atoms with Crippen molar-refractivity contribution in [3.8, 4) is 0 Å². The van der Waals surface area contributed by atoms with Crippen molar-refractivity contribution in [2.24, 2.45) is 0 Å². The Kier molecular flexibility index (Phi) is 3.53. The van der Waals surface area contributed by atoms with Gasteiger partial charge in [-0.3, -0.25) is 0 Å². The summed E-state index contributed by atoms with van der Waals surface area (Å²) < 4.78 is 0. The van der Waals surface area contributed by atoms with E-state index < -0.39 is 0 Å². The van der Waals surface area contributed by atoms with Gasteiger partial charge < -0.3 is 4.98 Å². The molecule has 110 valence electrons. The molecule has 0 saturated carbocycles. The van der Waals surface area contributed by atoms with Gasteiger partial charge in [0.15, 0.2) is 0 Å². The zero-order valence-electron chi connectivity index (χ0n) is 12.7. The van der Waals surface area contributed by atoms with E-state index in [2.05, 4.69) is 77.8 Å². The van der Waals surface area contributed by atoms with Crippen LogP contribution < -0.4 is 0 Å². The van der Waals surface area contributed by atoms with Crippen molar-refractivity contribution >= 4 is 32.3 Å². The summed E-state index contributed by atoms with van der Waals surface area (Å²) in [6.07, 6.45) is 3.99. The number of H-pyrrole nitrogens is 1. The van der Waals surface area contributed by atoms with Crippen LogP contribution in [0.15, 0.2) is 97.3 Å². The third-order valence-corrected chi connectivity index (χ3v) is 4.09. The van der Waals surface area contributed by atoms with E-state index >= 15 is 0 Å². The van der Waals surface area contributed by atoms with E-state index in [1.807, 2.05) is 24.5 Å². The second-order valence-electron chi connectivity index (χ2n) is 5.63. The van der Waals surface area contributed by atoms with Crippen LogP contribution in [0.2, 0.25) is 0 Å². The molecule has 0 radical (unpaired) electrons. The van der Waals surface area contributed by atoms with E-state index in [4.69, 9.17) is 0 Å². The van der Waals surface area contributed by atoms with Crippen molar-refractivity contribution in [2.75, 3.05) is 0 Å². The summed E-state index contributed by atoms with van der Waals surface area (Å²) in [6, 6.07) is 29.7. The summed E-state index contributed by atoms with van der Waals surface area (Å²) >= 11 is 0. The smallest absolute Gasteiger partial charge is 0.00843 e. The molecule has 0 amide bonds. The molecule has 0 atom stereocenters. The van der Waals surface area contributed by atoms with Gasteiger partial charge in [0.05, 0.1) is 0 Å². The maximum atomic E-state index is 3.04. The molecular weight excluding hydrogens is 278 g/mol. The molecule has 0 fully saturated rings. The van der Waals surface area contributed by atoms with Crippen molar-refractivity contribution in [1.82, 2.24) is 4.98 Å². The fourth-order valence-corrected chi connectivity index (χ4v) is 2.88. The minimum atomic E-state index is 1.28. The first-order valence-electron chi connectivity index (χ1n) is 7.79. The van der Waals surface area contributed by atoms with Crippen LogP contribution in [0.3, 0.4) is 0 Å². The first-order valence-corrected chi connectivity index (χ1v) is 7.79. The monoisotopic (exact) mass is 295 g/mol. The van der Waals surface area contributed by atoms with Gasteiger partial charge in [-0.2, -0.15) is 0 Å². The van der Waals surface area contributed by atoms with Crippen molar-refractivity contribution in [3.63, 3.8) is 0 Å². The highest BCUT2D eigenvalue weighted by Crippen LogP contribution is 2.22. The summed E-state index contributed by atoms with van der Waals surface area (Å²) in [7, 11) is 0. The summed E-state index contributed by atoms with van der Waals surface area (Å²) in [5.41, 5.74) is 0. The van der Waals surface area contributed by atoms with Crippen molar-refractivity contribution in [3.05, 3.63) is 97.3 Å². The molecule has 0 bridgehead atoms. The van der Waals surface area contributed by atoms with E-state index in [1.165, 1.54) is 32.3 Å². The minimum Gasteiger partial charge on any atom is -0.366 e. The molecule has 4 aromatic carbocycles. The third-order valence-electron chi connectivity index (χ3n) is 4.09. The minimum absolute atomic E-state index is 1.28. The molecule has 23 heavy (non-hydrogen) atoms. The lowest BCUT2D eigenvalue weighted by molar-refractivity contribution is 1.43. The highest BCUT2D eigenvalue weighted by molar-refractivity contribution is 5.98. The number of rotatable bonds is 0. The van der Waals surface area contributed by atoms with E-state index in [1.54, 1.807) is 0 Å². The Balaban J connectivity index is 0.000000130. The van der Waals surface area contributed by atoms with Crippen molar-refractivity contribution in [1.29, 1.82) is 0 Å². The molecule has 0 unspecified atom stereocenters. The molecule has 0 aliphatic heterocycles. The lowest BCUT2D eigenvalue weighted by atomic mass is 10.0. The maximum absolute atomic E-state index is 3.04. The van der Waals surface area contributed by atoms with Crippen LogP contribution in [0.5, 0.6) is 0 Å². The van der Waals surface area contributed by atoms with Crippen molar-refractivity contribution in [2.45, 2.75) is 0 Å². The van der Waals surface area contributed by atoms with Gasteiger partial charge >= 0.3 is 0 Å². The zero-order chi connectivity index (χ0) is 15.5.